The van der Waals surface area contributed by atoms with E-state index in [0.29, 0.717) is 12.1 Å². The molecule has 0 heterocycles. The Morgan fingerprint density at radius 3 is 2.07 bits per heavy atom. The van der Waals surface area contributed by atoms with E-state index in [-0.39, 0.29) is 19.9 Å². The van der Waals surface area contributed by atoms with Crippen LogP contribution in [0.3, 0.4) is 0 Å². The first-order valence-corrected chi connectivity index (χ1v) is 9.38. The van der Waals surface area contributed by atoms with Crippen LogP contribution < -0.4 is 21.4 Å². The molecule has 7 heteroatoms. The fraction of sp³-hybridized carbons (Fsp3) is 0.364. The first-order valence-electron chi connectivity index (χ1n) is 9.38. The number of carbonyl (C=O) groups excluding carboxylic acids is 2. The zero-order valence-electron chi connectivity index (χ0n) is 16.3. The van der Waals surface area contributed by atoms with Crippen LogP contribution in [0.4, 0.5) is 0 Å². The maximum Gasteiger partial charge on any atom is 0.267 e. The van der Waals surface area contributed by atoms with Gasteiger partial charge >= 0.3 is 0 Å². The number of hydroxylamine groups is 1. The number of amides is 2. The van der Waals surface area contributed by atoms with E-state index in [1.54, 1.807) is 17.6 Å². The van der Waals surface area contributed by atoms with Crippen LogP contribution in [0.2, 0.25) is 0 Å². The van der Waals surface area contributed by atoms with Gasteiger partial charge in [0.2, 0.25) is 0 Å². The van der Waals surface area contributed by atoms with Gasteiger partial charge in [-0.1, -0.05) is 50.7 Å². The molecule has 0 aliphatic carbocycles. The zero-order chi connectivity index (χ0) is 20.4. The van der Waals surface area contributed by atoms with Crippen molar-refractivity contribution >= 4 is 11.8 Å². The third-order valence-electron chi connectivity index (χ3n) is 4.47. The molecule has 0 fully saturated rings. The van der Waals surface area contributed by atoms with Crippen LogP contribution in [-0.4, -0.2) is 49.7 Å². The summed E-state index contributed by atoms with van der Waals surface area (Å²) < 4.78 is 0. The molecular formula is C22H32N4O3. The van der Waals surface area contributed by atoms with Crippen LogP contribution in [-0.2, 0) is 11.2 Å². The van der Waals surface area contributed by atoms with Gasteiger partial charge in [-0.25, -0.2) is 5.48 Å². The number of nitrogens with one attached hydrogen (secondary N) is 4. The molecule has 2 aromatic carbocycles. The molecule has 29 heavy (non-hydrogen) atoms. The minimum atomic E-state index is -0.879. The topological polar surface area (TPSA) is 102 Å². The summed E-state index contributed by atoms with van der Waals surface area (Å²) >= 11 is 0. The van der Waals surface area contributed by atoms with Crippen molar-refractivity contribution in [2.24, 2.45) is 0 Å². The zero-order valence-corrected chi connectivity index (χ0v) is 16.3. The number of aryl methyl sites for hydroxylation is 1. The molecule has 0 spiro atoms. The summed E-state index contributed by atoms with van der Waals surface area (Å²) in [5, 5.41) is 17.6. The Morgan fingerprint density at radius 2 is 1.55 bits per heavy atom. The van der Waals surface area contributed by atoms with E-state index in [4.69, 9.17) is 5.21 Å². The van der Waals surface area contributed by atoms with Gasteiger partial charge in [-0.05, 0) is 42.3 Å². The lowest BCUT2D eigenvalue weighted by molar-refractivity contribution is -0.131. The van der Waals surface area contributed by atoms with Gasteiger partial charge < -0.3 is 16.0 Å². The second-order valence-electron chi connectivity index (χ2n) is 6.44. The predicted molar refractivity (Wildman–Crippen MR) is 116 cm³/mol. The predicted octanol–water partition coefficient (Wildman–Crippen LogP) is 1.96. The number of carbonyl (C=O) groups is 2. The highest BCUT2D eigenvalue weighted by atomic mass is 16.5. The maximum atomic E-state index is 12.5. The molecule has 0 bridgehead atoms. The van der Waals surface area contributed by atoms with Crippen LogP contribution in [0.5, 0.6) is 0 Å². The fourth-order valence-electron chi connectivity index (χ4n) is 2.74. The van der Waals surface area contributed by atoms with E-state index in [0.717, 1.165) is 24.1 Å². The van der Waals surface area contributed by atoms with Crippen molar-refractivity contribution in [3.63, 3.8) is 0 Å². The van der Waals surface area contributed by atoms with Crippen LogP contribution in [0.25, 0.3) is 11.1 Å². The minimum Gasteiger partial charge on any atom is -0.339 e. The Kier molecular flexibility index (Phi) is 10.6. The molecule has 2 amide bonds. The van der Waals surface area contributed by atoms with E-state index in [9.17, 15) is 9.59 Å². The highest BCUT2D eigenvalue weighted by molar-refractivity contribution is 5.97. The molecular weight excluding hydrogens is 368 g/mol. The summed E-state index contributed by atoms with van der Waals surface area (Å²) in [7, 11) is 1.82. The second kappa shape index (κ2) is 12.7. The van der Waals surface area contributed by atoms with Crippen molar-refractivity contribution in [2.45, 2.75) is 26.8 Å². The number of hydrogen-bond donors (Lipinski definition) is 5. The third kappa shape index (κ3) is 7.30. The Labute approximate surface area is 172 Å². The van der Waals surface area contributed by atoms with Crippen LogP contribution in [0, 0.1) is 0 Å². The molecule has 5 N–H and O–H groups in total. The number of rotatable bonds is 10. The largest absolute Gasteiger partial charge is 0.339 e. The second-order valence-corrected chi connectivity index (χ2v) is 6.44. The Balaban J connectivity index is 0.00000420. The monoisotopic (exact) mass is 400 g/mol. The molecule has 1 atom stereocenters. The minimum absolute atomic E-state index is 0. The van der Waals surface area contributed by atoms with Gasteiger partial charge in [0.1, 0.15) is 6.04 Å². The Morgan fingerprint density at radius 1 is 0.966 bits per heavy atom. The third-order valence-corrected chi connectivity index (χ3v) is 4.47. The van der Waals surface area contributed by atoms with Crippen molar-refractivity contribution in [1.29, 1.82) is 0 Å². The van der Waals surface area contributed by atoms with Gasteiger partial charge in [0.15, 0.2) is 0 Å². The van der Waals surface area contributed by atoms with Crippen molar-refractivity contribution in [2.75, 3.05) is 26.7 Å². The standard InChI is InChI=1S/C21H28N4O3.CH4/c1-3-15-4-6-16(7-5-15)17-8-10-18(11-9-17)20(26)24-19(21(27)25-28)14-23-13-12-22-2;/h4-11,19,22-23,28H,3,12-14H2,1-2H3,(H,24,26)(H,25,27);1H4/t19-;/m0./s1. The summed E-state index contributed by atoms with van der Waals surface area (Å²) in [5.41, 5.74) is 5.40. The number of benzene rings is 2. The molecule has 7 nitrogen and oxygen atoms in total. The summed E-state index contributed by atoms with van der Waals surface area (Å²) in [6, 6.07) is 14.6. The van der Waals surface area contributed by atoms with E-state index in [1.807, 2.05) is 19.2 Å². The van der Waals surface area contributed by atoms with E-state index < -0.39 is 11.9 Å². The van der Waals surface area contributed by atoms with E-state index in [1.165, 1.54) is 5.56 Å². The fourth-order valence-corrected chi connectivity index (χ4v) is 2.74. The summed E-state index contributed by atoms with van der Waals surface area (Å²) in [4.78, 5) is 24.3. The van der Waals surface area contributed by atoms with Crippen molar-refractivity contribution < 1.29 is 14.8 Å². The van der Waals surface area contributed by atoms with Gasteiger partial charge in [-0.15, -0.1) is 0 Å². The van der Waals surface area contributed by atoms with E-state index in [2.05, 4.69) is 47.1 Å². The van der Waals surface area contributed by atoms with Gasteiger partial charge in [0.25, 0.3) is 11.8 Å². The first kappa shape index (κ1) is 24.3. The highest BCUT2D eigenvalue weighted by Gasteiger charge is 2.20. The smallest absolute Gasteiger partial charge is 0.267 e. The van der Waals surface area contributed by atoms with Crippen molar-refractivity contribution in [3.05, 3.63) is 59.7 Å². The average molecular weight is 401 g/mol. The molecule has 2 rings (SSSR count). The summed E-state index contributed by atoms with van der Waals surface area (Å²) in [6.07, 6.45) is 0.992. The summed E-state index contributed by atoms with van der Waals surface area (Å²) in [5.74, 6) is -1.05. The first-order chi connectivity index (χ1) is 13.6. The maximum absolute atomic E-state index is 12.5. The average Bonchev–Trinajstić information content (AvgIpc) is 2.75. The Bertz CT molecular complexity index is 761. The quantitative estimate of drug-likeness (QED) is 0.238. The van der Waals surface area contributed by atoms with Crippen LogP contribution >= 0.6 is 0 Å². The van der Waals surface area contributed by atoms with Crippen molar-refractivity contribution in [1.82, 2.24) is 21.4 Å². The molecule has 0 aliphatic heterocycles. The lowest BCUT2D eigenvalue weighted by atomic mass is 10.0. The molecule has 0 aliphatic rings. The van der Waals surface area contributed by atoms with E-state index >= 15 is 0 Å². The lowest BCUT2D eigenvalue weighted by Crippen LogP contribution is -2.51. The van der Waals surface area contributed by atoms with Crippen LogP contribution in [0.15, 0.2) is 48.5 Å². The SMILES string of the molecule is C.CCc1ccc(-c2ccc(C(=O)N[C@@H](CNCCNC)C(=O)NO)cc2)cc1. The molecule has 2 aromatic rings. The molecule has 158 valence electrons. The summed E-state index contributed by atoms with van der Waals surface area (Å²) in [6.45, 7) is 3.68. The molecule has 0 unspecified atom stereocenters. The van der Waals surface area contributed by atoms with Crippen molar-refractivity contribution in [3.8, 4) is 11.1 Å². The van der Waals surface area contributed by atoms with Gasteiger partial charge in [-0.2, -0.15) is 0 Å². The number of hydrogen-bond acceptors (Lipinski definition) is 5. The highest BCUT2D eigenvalue weighted by Crippen LogP contribution is 2.20. The van der Waals surface area contributed by atoms with Crippen LogP contribution in [0.1, 0.15) is 30.3 Å². The van der Waals surface area contributed by atoms with Gasteiger partial charge in [0.05, 0.1) is 0 Å². The Hall–Kier alpha value is -2.74. The van der Waals surface area contributed by atoms with Gasteiger partial charge in [0, 0.05) is 25.2 Å². The van der Waals surface area contributed by atoms with Gasteiger partial charge in [-0.3, -0.25) is 14.8 Å². The molecule has 0 saturated heterocycles. The lowest BCUT2D eigenvalue weighted by Gasteiger charge is -2.17. The normalized spacial score (nSPS) is 11.3. The number of likely N-dealkylation sites (N-methyl/N-ethyl adjacent to an activating group) is 1. The molecule has 0 aromatic heterocycles. The molecule has 0 saturated carbocycles. The molecule has 0 radical (unpaired) electrons.